The van der Waals surface area contributed by atoms with E-state index in [-0.39, 0.29) is 19.0 Å². The molecular weight excluding hydrogens is 208 g/mol. The van der Waals surface area contributed by atoms with E-state index in [2.05, 4.69) is 6.92 Å². The van der Waals surface area contributed by atoms with Crippen molar-refractivity contribution in [3.05, 3.63) is 0 Å². The summed E-state index contributed by atoms with van der Waals surface area (Å²) in [5.74, 6) is 0. The Morgan fingerprint density at radius 2 is 2.19 bits per heavy atom. The van der Waals surface area contributed by atoms with E-state index >= 15 is 0 Å². The molecular formula is C12H24O4. The average Bonchev–Trinajstić information content (AvgIpc) is 2.34. The topological polar surface area (TPSA) is 47.9 Å². The summed E-state index contributed by atoms with van der Waals surface area (Å²) >= 11 is 0. The van der Waals surface area contributed by atoms with Gasteiger partial charge in [-0.2, -0.15) is 0 Å². The Hall–Kier alpha value is -0.160. The molecule has 1 fully saturated rings. The van der Waals surface area contributed by atoms with Crippen LogP contribution in [0.4, 0.5) is 0 Å². The van der Waals surface area contributed by atoms with Crippen molar-refractivity contribution in [2.45, 2.75) is 51.4 Å². The summed E-state index contributed by atoms with van der Waals surface area (Å²) in [5.41, 5.74) is 0. The number of unbranched alkanes of at least 4 members (excludes halogenated alkanes) is 2. The van der Waals surface area contributed by atoms with Gasteiger partial charge in [-0.3, -0.25) is 0 Å². The molecule has 1 N–H and O–H groups in total. The number of hydrogen-bond donors (Lipinski definition) is 1. The number of hydrogen-bond acceptors (Lipinski definition) is 4. The van der Waals surface area contributed by atoms with Crippen LogP contribution in [0, 0.1) is 0 Å². The number of aliphatic hydroxyl groups excluding tert-OH is 1. The molecule has 1 saturated heterocycles. The predicted molar refractivity (Wildman–Crippen MR) is 61.3 cm³/mol. The van der Waals surface area contributed by atoms with Crippen molar-refractivity contribution in [1.29, 1.82) is 0 Å². The number of rotatable bonds is 8. The molecule has 0 aromatic carbocycles. The van der Waals surface area contributed by atoms with Crippen LogP contribution in [0.15, 0.2) is 0 Å². The van der Waals surface area contributed by atoms with Gasteiger partial charge in [0.25, 0.3) is 0 Å². The summed E-state index contributed by atoms with van der Waals surface area (Å²) in [6, 6.07) is 0. The lowest BCUT2D eigenvalue weighted by Gasteiger charge is -2.29. The molecule has 0 aromatic rings. The summed E-state index contributed by atoms with van der Waals surface area (Å²) < 4.78 is 16.4. The van der Waals surface area contributed by atoms with E-state index in [1.807, 2.05) is 0 Å². The van der Waals surface area contributed by atoms with Crippen LogP contribution in [0.1, 0.15) is 39.0 Å². The van der Waals surface area contributed by atoms with Crippen molar-refractivity contribution in [1.82, 2.24) is 0 Å². The first-order valence-corrected chi connectivity index (χ1v) is 6.32. The molecule has 0 saturated carbocycles. The molecule has 0 unspecified atom stereocenters. The van der Waals surface area contributed by atoms with E-state index in [4.69, 9.17) is 19.3 Å². The largest absolute Gasteiger partial charge is 0.394 e. The van der Waals surface area contributed by atoms with Crippen LogP contribution in [0.2, 0.25) is 0 Å². The Balaban J connectivity index is 1.95. The second-order valence-electron chi connectivity index (χ2n) is 4.14. The number of ether oxygens (including phenoxy) is 3. The summed E-state index contributed by atoms with van der Waals surface area (Å²) in [6.07, 6.45) is 4.85. The smallest absolute Gasteiger partial charge is 0.160 e. The predicted octanol–water partition coefficient (Wildman–Crippen LogP) is 1.71. The zero-order valence-corrected chi connectivity index (χ0v) is 10.2. The van der Waals surface area contributed by atoms with E-state index in [1.165, 1.54) is 12.8 Å². The summed E-state index contributed by atoms with van der Waals surface area (Å²) in [4.78, 5) is 0. The van der Waals surface area contributed by atoms with Crippen LogP contribution < -0.4 is 0 Å². The third kappa shape index (κ3) is 5.80. The van der Waals surface area contributed by atoms with E-state index in [0.29, 0.717) is 13.2 Å². The van der Waals surface area contributed by atoms with Crippen LogP contribution in [-0.2, 0) is 14.2 Å². The molecule has 0 amide bonds. The van der Waals surface area contributed by atoms with E-state index < -0.39 is 0 Å². The normalized spacial score (nSPS) is 25.9. The van der Waals surface area contributed by atoms with Crippen molar-refractivity contribution < 1.29 is 19.3 Å². The quantitative estimate of drug-likeness (QED) is 0.647. The van der Waals surface area contributed by atoms with Crippen molar-refractivity contribution in [3.8, 4) is 0 Å². The standard InChI is InChI=1S/C12H24O4/c1-2-3-4-7-14-8-6-12-15-9-5-11(10-13)16-12/h11-13H,2-10H2,1H3/t11-,12-/m0/s1. The Bertz CT molecular complexity index is 163. The van der Waals surface area contributed by atoms with Gasteiger partial charge in [-0.1, -0.05) is 19.8 Å². The molecule has 2 atom stereocenters. The molecule has 16 heavy (non-hydrogen) atoms. The van der Waals surface area contributed by atoms with Gasteiger partial charge in [0.1, 0.15) is 0 Å². The lowest BCUT2D eigenvalue weighted by Crippen LogP contribution is -2.35. The molecule has 4 nitrogen and oxygen atoms in total. The van der Waals surface area contributed by atoms with Crippen molar-refractivity contribution in [2.24, 2.45) is 0 Å². The van der Waals surface area contributed by atoms with Gasteiger partial charge in [0.2, 0.25) is 0 Å². The second-order valence-corrected chi connectivity index (χ2v) is 4.14. The van der Waals surface area contributed by atoms with E-state index in [0.717, 1.165) is 25.9 Å². The fourth-order valence-electron chi connectivity index (χ4n) is 1.67. The monoisotopic (exact) mass is 232 g/mol. The lowest BCUT2D eigenvalue weighted by atomic mass is 10.2. The maximum atomic E-state index is 8.97. The SMILES string of the molecule is CCCCCOCC[C@H]1OCC[C@@H](CO)O1. The first kappa shape index (κ1) is 13.9. The first-order chi connectivity index (χ1) is 7.86. The maximum Gasteiger partial charge on any atom is 0.160 e. The molecule has 1 aliphatic heterocycles. The Labute approximate surface area is 97.9 Å². The van der Waals surface area contributed by atoms with Crippen LogP contribution in [-0.4, -0.2) is 43.9 Å². The summed E-state index contributed by atoms with van der Waals surface area (Å²) in [6.45, 7) is 4.43. The van der Waals surface area contributed by atoms with Crippen molar-refractivity contribution >= 4 is 0 Å². The minimum Gasteiger partial charge on any atom is -0.394 e. The molecule has 0 spiro atoms. The minimum absolute atomic E-state index is 0.0566. The molecule has 0 aromatic heterocycles. The molecule has 0 aliphatic carbocycles. The fraction of sp³-hybridized carbons (Fsp3) is 1.00. The van der Waals surface area contributed by atoms with Gasteiger partial charge in [0, 0.05) is 13.0 Å². The first-order valence-electron chi connectivity index (χ1n) is 6.32. The van der Waals surface area contributed by atoms with Gasteiger partial charge in [0.05, 0.1) is 25.9 Å². The second kappa shape index (κ2) is 8.93. The van der Waals surface area contributed by atoms with Gasteiger partial charge in [0.15, 0.2) is 6.29 Å². The maximum absolute atomic E-state index is 8.97. The highest BCUT2D eigenvalue weighted by molar-refractivity contribution is 4.62. The molecule has 0 bridgehead atoms. The molecule has 1 rings (SSSR count). The summed E-state index contributed by atoms with van der Waals surface area (Å²) in [7, 11) is 0. The van der Waals surface area contributed by atoms with E-state index in [9.17, 15) is 0 Å². The van der Waals surface area contributed by atoms with Crippen molar-refractivity contribution in [3.63, 3.8) is 0 Å². The summed E-state index contributed by atoms with van der Waals surface area (Å²) in [5, 5.41) is 8.97. The highest BCUT2D eigenvalue weighted by atomic mass is 16.7. The van der Waals surface area contributed by atoms with Gasteiger partial charge >= 0.3 is 0 Å². The molecule has 0 radical (unpaired) electrons. The zero-order chi connectivity index (χ0) is 11.6. The molecule has 1 heterocycles. The van der Waals surface area contributed by atoms with Crippen LogP contribution in [0.5, 0.6) is 0 Å². The highest BCUT2D eigenvalue weighted by Gasteiger charge is 2.21. The lowest BCUT2D eigenvalue weighted by molar-refractivity contribution is -0.225. The molecule has 4 heteroatoms. The highest BCUT2D eigenvalue weighted by Crippen LogP contribution is 2.14. The Morgan fingerprint density at radius 3 is 2.94 bits per heavy atom. The fourth-order valence-corrected chi connectivity index (χ4v) is 1.67. The van der Waals surface area contributed by atoms with Gasteiger partial charge in [-0.25, -0.2) is 0 Å². The third-order valence-electron chi connectivity index (χ3n) is 2.68. The third-order valence-corrected chi connectivity index (χ3v) is 2.68. The van der Waals surface area contributed by atoms with Crippen LogP contribution >= 0.6 is 0 Å². The number of aliphatic hydroxyl groups is 1. The van der Waals surface area contributed by atoms with Gasteiger partial charge in [-0.05, 0) is 12.8 Å². The molecule has 96 valence electrons. The average molecular weight is 232 g/mol. The van der Waals surface area contributed by atoms with E-state index in [1.54, 1.807) is 0 Å². The minimum atomic E-state index is -0.197. The van der Waals surface area contributed by atoms with Gasteiger partial charge in [-0.15, -0.1) is 0 Å². The Kier molecular flexibility index (Phi) is 7.76. The zero-order valence-electron chi connectivity index (χ0n) is 10.2. The van der Waals surface area contributed by atoms with Crippen LogP contribution in [0.3, 0.4) is 0 Å². The Morgan fingerprint density at radius 1 is 1.31 bits per heavy atom. The van der Waals surface area contributed by atoms with Crippen LogP contribution in [0.25, 0.3) is 0 Å². The van der Waals surface area contributed by atoms with Gasteiger partial charge < -0.3 is 19.3 Å². The molecule has 1 aliphatic rings. The van der Waals surface area contributed by atoms with Crippen molar-refractivity contribution in [2.75, 3.05) is 26.4 Å².